The number of hydrogen-bond donors (Lipinski definition) is 1. The average Bonchev–Trinajstić information content (AvgIpc) is 2.45. The van der Waals surface area contributed by atoms with Gasteiger partial charge in [0.1, 0.15) is 0 Å². The second-order valence-electron chi connectivity index (χ2n) is 5.43. The molecule has 0 amide bonds. The molecule has 0 spiro atoms. The molecule has 1 heterocycles. The highest BCUT2D eigenvalue weighted by Crippen LogP contribution is 2.22. The van der Waals surface area contributed by atoms with Crippen LogP contribution in [0.5, 0.6) is 0 Å². The molecule has 4 nitrogen and oxygen atoms in total. The van der Waals surface area contributed by atoms with E-state index in [1.165, 1.54) is 0 Å². The number of nitrogens with zero attached hydrogens (tertiary/aromatic N) is 1. The van der Waals surface area contributed by atoms with Crippen LogP contribution < -0.4 is 4.72 Å². The third-order valence-corrected chi connectivity index (χ3v) is 5.11. The second-order valence-corrected chi connectivity index (χ2v) is 7.42. The maximum atomic E-state index is 12.6. The van der Waals surface area contributed by atoms with Gasteiger partial charge >= 0.3 is 0 Å². The van der Waals surface area contributed by atoms with Gasteiger partial charge in [-0.15, -0.1) is 11.6 Å². The van der Waals surface area contributed by atoms with Crippen molar-refractivity contribution in [1.29, 1.82) is 0 Å². The highest BCUT2D eigenvalue weighted by Gasteiger charge is 2.22. The summed E-state index contributed by atoms with van der Waals surface area (Å²) < 4.78 is 27.9. The van der Waals surface area contributed by atoms with Gasteiger partial charge in [0, 0.05) is 23.5 Å². The molecular weight excluding hydrogens is 308 g/mol. The normalized spacial score (nSPS) is 13.7. The van der Waals surface area contributed by atoms with Crippen molar-refractivity contribution in [2.75, 3.05) is 5.88 Å². The lowest BCUT2D eigenvalue weighted by molar-refractivity contribution is 0.485. The standard InChI is InChI=1S/C15H19ClN2O2S/c1-11(2)9-12(10-16)18-21(19,20)15-7-3-6-14-13(15)5-4-8-17-14/h3-8,11-12,18H,9-10H2,1-2H3. The van der Waals surface area contributed by atoms with Crippen molar-refractivity contribution >= 4 is 32.5 Å². The highest BCUT2D eigenvalue weighted by atomic mass is 35.5. The van der Waals surface area contributed by atoms with Crippen LogP contribution in [0.2, 0.25) is 0 Å². The third-order valence-electron chi connectivity index (χ3n) is 3.16. The van der Waals surface area contributed by atoms with E-state index in [0.29, 0.717) is 23.2 Å². The van der Waals surface area contributed by atoms with Crippen molar-refractivity contribution in [2.45, 2.75) is 31.2 Å². The Labute approximate surface area is 130 Å². The molecular formula is C15H19ClN2O2S. The van der Waals surface area contributed by atoms with Crippen molar-refractivity contribution in [3.05, 3.63) is 36.5 Å². The summed E-state index contributed by atoms with van der Waals surface area (Å²) in [5.41, 5.74) is 0.659. The van der Waals surface area contributed by atoms with Crippen LogP contribution >= 0.6 is 11.6 Å². The lowest BCUT2D eigenvalue weighted by atomic mass is 10.1. The van der Waals surface area contributed by atoms with E-state index in [0.717, 1.165) is 0 Å². The van der Waals surface area contributed by atoms with Crippen LogP contribution in [0.15, 0.2) is 41.4 Å². The van der Waals surface area contributed by atoms with Crippen LogP contribution in [0.4, 0.5) is 0 Å². The molecule has 1 aromatic carbocycles. The fourth-order valence-electron chi connectivity index (χ4n) is 2.30. The van der Waals surface area contributed by atoms with Gasteiger partial charge in [-0.1, -0.05) is 19.9 Å². The Bertz CT molecular complexity index is 711. The predicted octanol–water partition coefficient (Wildman–Crippen LogP) is 3.17. The van der Waals surface area contributed by atoms with Gasteiger partial charge in [0.25, 0.3) is 0 Å². The van der Waals surface area contributed by atoms with Gasteiger partial charge in [-0.25, -0.2) is 13.1 Å². The molecule has 0 radical (unpaired) electrons. The van der Waals surface area contributed by atoms with Gasteiger partial charge in [-0.2, -0.15) is 0 Å². The largest absolute Gasteiger partial charge is 0.256 e. The molecule has 0 bridgehead atoms. The van der Waals surface area contributed by atoms with E-state index in [9.17, 15) is 8.42 Å². The molecule has 0 saturated carbocycles. The Hall–Kier alpha value is -1.17. The van der Waals surface area contributed by atoms with Crippen molar-refractivity contribution in [3.8, 4) is 0 Å². The smallest absolute Gasteiger partial charge is 0.241 e. The first-order valence-corrected chi connectivity index (χ1v) is 8.88. The van der Waals surface area contributed by atoms with E-state index in [-0.39, 0.29) is 16.8 Å². The second kappa shape index (κ2) is 6.73. The van der Waals surface area contributed by atoms with Gasteiger partial charge in [0.05, 0.1) is 10.4 Å². The summed E-state index contributed by atoms with van der Waals surface area (Å²) in [5.74, 6) is 0.617. The molecule has 2 aromatic rings. The Morgan fingerprint density at radius 3 is 2.67 bits per heavy atom. The molecule has 6 heteroatoms. The molecule has 1 N–H and O–H groups in total. The Morgan fingerprint density at radius 1 is 1.24 bits per heavy atom. The van der Waals surface area contributed by atoms with Gasteiger partial charge in [0.15, 0.2) is 0 Å². The van der Waals surface area contributed by atoms with Crippen LogP contribution in [0, 0.1) is 5.92 Å². The van der Waals surface area contributed by atoms with Crippen molar-refractivity contribution in [3.63, 3.8) is 0 Å². The molecule has 0 saturated heterocycles. The Morgan fingerprint density at radius 2 is 2.00 bits per heavy atom. The van der Waals surface area contributed by atoms with Crippen molar-refractivity contribution in [2.24, 2.45) is 5.92 Å². The molecule has 0 aliphatic carbocycles. The number of nitrogens with one attached hydrogen (secondary N) is 1. The SMILES string of the molecule is CC(C)CC(CCl)NS(=O)(=O)c1cccc2ncccc12. The summed E-state index contributed by atoms with van der Waals surface area (Å²) in [5, 5.41) is 0.616. The maximum Gasteiger partial charge on any atom is 0.241 e. The van der Waals surface area contributed by atoms with Crippen LogP contribution in [0.1, 0.15) is 20.3 Å². The summed E-state index contributed by atoms with van der Waals surface area (Å²) in [6.07, 6.45) is 2.35. The minimum Gasteiger partial charge on any atom is -0.256 e. The Kier molecular flexibility index (Phi) is 5.19. The van der Waals surface area contributed by atoms with Crippen molar-refractivity contribution < 1.29 is 8.42 Å². The maximum absolute atomic E-state index is 12.6. The van der Waals surface area contributed by atoms with Gasteiger partial charge < -0.3 is 0 Å². The monoisotopic (exact) mass is 326 g/mol. The highest BCUT2D eigenvalue weighted by molar-refractivity contribution is 7.89. The van der Waals surface area contributed by atoms with E-state index >= 15 is 0 Å². The predicted molar refractivity (Wildman–Crippen MR) is 86.0 cm³/mol. The number of alkyl halides is 1. The van der Waals surface area contributed by atoms with Crippen LogP contribution in [-0.2, 0) is 10.0 Å². The fourth-order valence-corrected chi connectivity index (χ4v) is 4.06. The number of rotatable bonds is 6. The van der Waals surface area contributed by atoms with Crippen LogP contribution in [0.25, 0.3) is 10.9 Å². The first-order chi connectivity index (χ1) is 9.94. The number of pyridine rings is 1. The first kappa shape index (κ1) is 16.2. The molecule has 0 fully saturated rings. The van der Waals surface area contributed by atoms with E-state index < -0.39 is 10.0 Å². The summed E-state index contributed by atoms with van der Waals surface area (Å²) in [6.45, 7) is 4.07. The molecule has 1 aromatic heterocycles. The molecule has 1 atom stereocenters. The van der Waals surface area contributed by atoms with Crippen molar-refractivity contribution in [1.82, 2.24) is 9.71 Å². The van der Waals surface area contributed by atoms with E-state index in [4.69, 9.17) is 11.6 Å². The van der Waals surface area contributed by atoms with Gasteiger partial charge in [0.2, 0.25) is 10.0 Å². The summed E-state index contributed by atoms with van der Waals surface area (Å²) >= 11 is 5.88. The Balaban J connectivity index is 2.38. The molecule has 1 unspecified atom stereocenters. The summed E-state index contributed by atoms with van der Waals surface area (Å²) in [7, 11) is -3.62. The molecule has 0 aliphatic heterocycles. The molecule has 114 valence electrons. The number of fused-ring (bicyclic) bond motifs is 1. The topological polar surface area (TPSA) is 59.1 Å². The minimum absolute atomic E-state index is 0.243. The lowest BCUT2D eigenvalue weighted by Gasteiger charge is -2.18. The summed E-state index contributed by atoms with van der Waals surface area (Å²) in [4.78, 5) is 4.43. The summed E-state index contributed by atoms with van der Waals surface area (Å²) in [6, 6.07) is 8.30. The average molecular weight is 327 g/mol. The third kappa shape index (κ3) is 3.93. The molecule has 2 rings (SSSR count). The zero-order valence-electron chi connectivity index (χ0n) is 12.1. The zero-order chi connectivity index (χ0) is 15.5. The lowest BCUT2D eigenvalue weighted by Crippen LogP contribution is -2.37. The number of sulfonamides is 1. The van der Waals surface area contributed by atoms with Gasteiger partial charge in [-0.05, 0) is 36.6 Å². The first-order valence-electron chi connectivity index (χ1n) is 6.86. The number of halogens is 1. The van der Waals surface area contributed by atoms with Gasteiger partial charge in [-0.3, -0.25) is 4.98 Å². The number of benzene rings is 1. The quantitative estimate of drug-likeness (QED) is 0.829. The van der Waals surface area contributed by atoms with E-state index in [1.54, 1.807) is 36.5 Å². The number of aromatic nitrogens is 1. The zero-order valence-corrected chi connectivity index (χ0v) is 13.7. The van der Waals surface area contributed by atoms with Crippen LogP contribution in [-0.4, -0.2) is 25.3 Å². The van der Waals surface area contributed by atoms with Crippen LogP contribution in [0.3, 0.4) is 0 Å². The van der Waals surface area contributed by atoms with E-state index in [2.05, 4.69) is 9.71 Å². The molecule has 21 heavy (non-hydrogen) atoms. The number of hydrogen-bond acceptors (Lipinski definition) is 3. The molecule has 0 aliphatic rings. The fraction of sp³-hybridized carbons (Fsp3) is 0.400. The minimum atomic E-state index is -3.62. The van der Waals surface area contributed by atoms with E-state index in [1.807, 2.05) is 13.8 Å².